The van der Waals surface area contributed by atoms with Crippen LogP contribution in [0.4, 0.5) is 5.69 Å². The van der Waals surface area contributed by atoms with Gasteiger partial charge in [-0.25, -0.2) is 0 Å². The number of nitrogens with one attached hydrogen (secondary N) is 3. The molecule has 1 heterocycles. The molecule has 2 fully saturated rings. The quantitative estimate of drug-likeness (QED) is 0.309. The van der Waals surface area contributed by atoms with E-state index in [1.165, 1.54) is 38.6 Å². The Labute approximate surface area is 192 Å². The van der Waals surface area contributed by atoms with Crippen molar-refractivity contribution in [3.8, 4) is 0 Å². The summed E-state index contributed by atoms with van der Waals surface area (Å²) < 4.78 is 0. The van der Waals surface area contributed by atoms with Gasteiger partial charge in [0.05, 0.1) is 0 Å². The number of guanidine groups is 1. The maximum Gasteiger partial charge on any atom is 0.226 e. The molecule has 1 amide bonds. The van der Waals surface area contributed by atoms with E-state index in [-0.39, 0.29) is 35.8 Å². The number of benzene rings is 1. The highest BCUT2D eigenvalue weighted by molar-refractivity contribution is 14.0. The van der Waals surface area contributed by atoms with Gasteiger partial charge < -0.3 is 16.0 Å². The van der Waals surface area contributed by atoms with Gasteiger partial charge in [-0.1, -0.05) is 38.8 Å². The topological polar surface area (TPSA) is 68.8 Å². The lowest BCUT2D eigenvalue weighted by Crippen LogP contribution is -2.45. The molecule has 1 aliphatic heterocycles. The minimum absolute atomic E-state index is 0. The predicted molar refractivity (Wildman–Crippen MR) is 131 cm³/mol. The molecule has 0 bridgehead atoms. The van der Waals surface area contributed by atoms with Crippen LogP contribution in [-0.2, 0) is 11.3 Å². The molecule has 29 heavy (non-hydrogen) atoms. The Morgan fingerprint density at radius 1 is 1.17 bits per heavy atom. The van der Waals surface area contributed by atoms with Gasteiger partial charge in [0.15, 0.2) is 5.96 Å². The number of halogens is 1. The molecule has 1 atom stereocenters. The number of hydrogen-bond acceptors (Lipinski definition) is 3. The molecule has 0 radical (unpaired) electrons. The molecule has 1 saturated carbocycles. The minimum Gasteiger partial charge on any atom is -0.352 e. The summed E-state index contributed by atoms with van der Waals surface area (Å²) in [5.74, 6) is 0.880. The highest BCUT2D eigenvalue weighted by atomic mass is 127. The first kappa shape index (κ1) is 23.9. The minimum atomic E-state index is -0.0177. The molecular formula is C22H36IN5O. The van der Waals surface area contributed by atoms with Crippen molar-refractivity contribution in [2.24, 2.45) is 10.9 Å². The number of rotatable bonds is 6. The number of amides is 1. The maximum absolute atomic E-state index is 11.8. The monoisotopic (exact) mass is 513 g/mol. The van der Waals surface area contributed by atoms with E-state index in [4.69, 9.17) is 0 Å². The molecule has 1 unspecified atom stereocenters. The molecule has 1 aliphatic carbocycles. The summed E-state index contributed by atoms with van der Waals surface area (Å²) in [4.78, 5) is 18.8. The van der Waals surface area contributed by atoms with E-state index < -0.39 is 0 Å². The Kier molecular flexibility index (Phi) is 9.68. The van der Waals surface area contributed by atoms with Gasteiger partial charge in [0.2, 0.25) is 5.91 Å². The highest BCUT2D eigenvalue weighted by Crippen LogP contribution is 2.26. The van der Waals surface area contributed by atoms with Gasteiger partial charge in [-0.05, 0) is 37.0 Å². The van der Waals surface area contributed by atoms with Gasteiger partial charge in [0.25, 0.3) is 0 Å². The van der Waals surface area contributed by atoms with Gasteiger partial charge in [-0.2, -0.15) is 0 Å². The fourth-order valence-electron chi connectivity index (χ4n) is 4.07. The van der Waals surface area contributed by atoms with Crippen LogP contribution in [0.2, 0.25) is 0 Å². The van der Waals surface area contributed by atoms with Crippen molar-refractivity contribution in [1.82, 2.24) is 15.5 Å². The third kappa shape index (κ3) is 7.13. The van der Waals surface area contributed by atoms with Gasteiger partial charge in [-0.15, -0.1) is 24.0 Å². The van der Waals surface area contributed by atoms with Crippen molar-refractivity contribution in [3.05, 3.63) is 29.8 Å². The molecule has 1 aromatic carbocycles. The number of nitrogens with zero attached hydrogens (tertiary/aromatic N) is 2. The Bertz CT molecular complexity index is 670. The zero-order chi connectivity index (χ0) is 19.9. The fourth-order valence-corrected chi connectivity index (χ4v) is 4.07. The van der Waals surface area contributed by atoms with Crippen LogP contribution in [0.3, 0.4) is 0 Å². The SMILES string of the molecule is CN=C(NCc1ccc(NC(=O)C(C)C)cc1)NC1CCN(C2CCCC2)C1.I. The van der Waals surface area contributed by atoms with Crippen LogP contribution in [0.5, 0.6) is 0 Å². The summed E-state index contributed by atoms with van der Waals surface area (Å²) in [7, 11) is 1.82. The van der Waals surface area contributed by atoms with Crippen LogP contribution in [0, 0.1) is 5.92 Å². The second-order valence-corrected chi connectivity index (χ2v) is 8.33. The van der Waals surface area contributed by atoms with Crippen LogP contribution < -0.4 is 16.0 Å². The number of carbonyl (C=O) groups is 1. The molecule has 1 aromatic rings. The number of aliphatic imine (C=N–C) groups is 1. The molecule has 6 nitrogen and oxygen atoms in total. The van der Waals surface area contributed by atoms with Crippen LogP contribution in [0.25, 0.3) is 0 Å². The summed E-state index contributed by atoms with van der Waals surface area (Å²) in [6.45, 7) is 6.81. The summed E-state index contributed by atoms with van der Waals surface area (Å²) in [5, 5.41) is 9.91. The smallest absolute Gasteiger partial charge is 0.226 e. The molecule has 2 aliphatic rings. The second kappa shape index (κ2) is 11.7. The van der Waals surface area contributed by atoms with E-state index >= 15 is 0 Å². The summed E-state index contributed by atoms with van der Waals surface area (Å²) in [6, 6.07) is 9.24. The molecule has 7 heteroatoms. The molecule has 3 N–H and O–H groups in total. The number of carbonyl (C=O) groups excluding carboxylic acids is 1. The Balaban J connectivity index is 0.00000300. The standard InChI is InChI=1S/C22H35N5O.HI/c1-16(2)21(28)25-18-10-8-17(9-11-18)14-24-22(23-3)26-19-12-13-27(15-19)20-6-4-5-7-20;/h8-11,16,19-20H,4-7,12-15H2,1-3H3,(H,25,28)(H2,23,24,26);1H. The third-order valence-corrected chi connectivity index (χ3v) is 5.83. The van der Waals surface area contributed by atoms with Crippen LogP contribution in [-0.4, -0.2) is 49.0 Å². The van der Waals surface area contributed by atoms with Crippen molar-refractivity contribution < 1.29 is 4.79 Å². The van der Waals surface area contributed by atoms with Gasteiger partial charge in [-0.3, -0.25) is 14.7 Å². The first-order valence-corrected chi connectivity index (χ1v) is 10.7. The van der Waals surface area contributed by atoms with E-state index in [0.29, 0.717) is 12.6 Å². The molecular weight excluding hydrogens is 477 g/mol. The average Bonchev–Trinajstić information content (AvgIpc) is 3.37. The maximum atomic E-state index is 11.8. The molecule has 0 aromatic heterocycles. The molecule has 1 saturated heterocycles. The van der Waals surface area contributed by atoms with E-state index in [0.717, 1.165) is 29.8 Å². The first-order valence-electron chi connectivity index (χ1n) is 10.7. The van der Waals surface area contributed by atoms with Crippen molar-refractivity contribution in [1.29, 1.82) is 0 Å². The first-order chi connectivity index (χ1) is 13.5. The van der Waals surface area contributed by atoms with E-state index in [2.05, 4.69) is 25.8 Å². The molecule has 0 spiro atoms. The Morgan fingerprint density at radius 2 is 1.86 bits per heavy atom. The zero-order valence-corrected chi connectivity index (χ0v) is 20.2. The normalized spacial score (nSPS) is 20.6. The predicted octanol–water partition coefficient (Wildman–Crippen LogP) is 3.58. The summed E-state index contributed by atoms with van der Waals surface area (Å²) in [6.07, 6.45) is 6.70. The summed E-state index contributed by atoms with van der Waals surface area (Å²) >= 11 is 0. The molecule has 162 valence electrons. The second-order valence-electron chi connectivity index (χ2n) is 8.33. The molecule has 3 rings (SSSR count). The van der Waals surface area contributed by atoms with Crippen molar-refractivity contribution >= 4 is 41.5 Å². The average molecular weight is 513 g/mol. The van der Waals surface area contributed by atoms with Gasteiger partial charge in [0, 0.05) is 50.4 Å². The lowest BCUT2D eigenvalue weighted by molar-refractivity contribution is -0.118. The number of hydrogen-bond donors (Lipinski definition) is 3. The van der Waals surface area contributed by atoms with Crippen molar-refractivity contribution in [2.75, 3.05) is 25.5 Å². The van der Waals surface area contributed by atoms with Crippen LogP contribution in [0.1, 0.15) is 51.5 Å². The van der Waals surface area contributed by atoms with Gasteiger partial charge in [0.1, 0.15) is 0 Å². The largest absolute Gasteiger partial charge is 0.352 e. The van der Waals surface area contributed by atoms with E-state index in [9.17, 15) is 4.79 Å². The van der Waals surface area contributed by atoms with Crippen LogP contribution >= 0.6 is 24.0 Å². The third-order valence-electron chi connectivity index (χ3n) is 5.83. The van der Waals surface area contributed by atoms with Crippen molar-refractivity contribution in [3.63, 3.8) is 0 Å². The Morgan fingerprint density at radius 3 is 2.48 bits per heavy atom. The highest BCUT2D eigenvalue weighted by Gasteiger charge is 2.30. The summed E-state index contributed by atoms with van der Waals surface area (Å²) in [5.41, 5.74) is 1.99. The lowest BCUT2D eigenvalue weighted by Gasteiger charge is -2.24. The fraction of sp³-hybridized carbons (Fsp3) is 0.636. The lowest BCUT2D eigenvalue weighted by atomic mass is 10.1. The van der Waals surface area contributed by atoms with Gasteiger partial charge >= 0.3 is 0 Å². The van der Waals surface area contributed by atoms with E-state index in [1.807, 2.05) is 45.2 Å². The van der Waals surface area contributed by atoms with E-state index in [1.54, 1.807) is 0 Å². The Hall–Kier alpha value is -1.35. The number of anilines is 1. The number of likely N-dealkylation sites (tertiary alicyclic amines) is 1. The van der Waals surface area contributed by atoms with Crippen molar-refractivity contribution in [2.45, 2.75) is 64.6 Å². The zero-order valence-electron chi connectivity index (χ0n) is 17.9. The van der Waals surface area contributed by atoms with Crippen LogP contribution in [0.15, 0.2) is 29.3 Å².